The van der Waals surface area contributed by atoms with E-state index in [4.69, 9.17) is 15.2 Å². The van der Waals surface area contributed by atoms with Gasteiger partial charge in [0.25, 0.3) is 0 Å². The number of aromatic hydroxyl groups is 1. The second kappa shape index (κ2) is 11.8. The number of alkyl halides is 1. The van der Waals surface area contributed by atoms with Crippen LogP contribution in [-0.4, -0.2) is 100 Å². The van der Waals surface area contributed by atoms with Crippen molar-refractivity contribution in [1.29, 1.82) is 0 Å². The minimum atomic E-state index is -3.07. The molecule has 8 atom stereocenters. The van der Waals surface area contributed by atoms with Crippen LogP contribution in [0, 0.1) is 23.7 Å². The highest BCUT2D eigenvalue weighted by Gasteiger charge is 2.74. The van der Waals surface area contributed by atoms with Gasteiger partial charge in [0, 0.05) is 17.2 Å². The van der Waals surface area contributed by atoms with Gasteiger partial charge in [-0.1, -0.05) is 40.9 Å². The van der Waals surface area contributed by atoms with Crippen LogP contribution in [0.4, 0.5) is 0 Å². The molecular formula is C30H35BrN2O10. The van der Waals surface area contributed by atoms with Crippen LogP contribution < -0.4 is 5.73 Å². The van der Waals surface area contributed by atoms with Crippen molar-refractivity contribution in [2.75, 3.05) is 26.0 Å². The van der Waals surface area contributed by atoms with Gasteiger partial charge in [0.1, 0.15) is 11.9 Å². The first-order chi connectivity index (χ1) is 20.4. The zero-order chi connectivity index (χ0) is 31.4. The number of fused-ring (bicyclic) bond motifs is 3. The molecule has 232 valence electrons. The van der Waals surface area contributed by atoms with Crippen molar-refractivity contribution in [2.45, 2.75) is 61.9 Å². The number of esters is 1. The van der Waals surface area contributed by atoms with Crippen molar-refractivity contribution in [3.05, 3.63) is 29.3 Å². The van der Waals surface area contributed by atoms with E-state index >= 15 is 0 Å². The van der Waals surface area contributed by atoms with Gasteiger partial charge in [-0.05, 0) is 38.6 Å². The van der Waals surface area contributed by atoms with Gasteiger partial charge >= 0.3 is 5.97 Å². The molecule has 4 N–H and O–H groups in total. The predicted molar refractivity (Wildman–Crippen MR) is 152 cm³/mol. The van der Waals surface area contributed by atoms with Crippen molar-refractivity contribution in [3.63, 3.8) is 0 Å². The van der Waals surface area contributed by atoms with Crippen LogP contribution >= 0.6 is 15.9 Å². The minimum Gasteiger partial charge on any atom is -0.507 e. The van der Waals surface area contributed by atoms with E-state index in [0.717, 1.165) is 25.7 Å². The maximum Gasteiger partial charge on any atom is 0.306 e. The predicted octanol–water partition coefficient (Wildman–Crippen LogP) is 0.674. The number of halogens is 1. The lowest BCUT2D eigenvalue weighted by Gasteiger charge is -2.56. The highest BCUT2D eigenvalue weighted by Crippen LogP contribution is 2.55. The Bertz CT molecular complexity index is 1370. The van der Waals surface area contributed by atoms with Crippen LogP contribution in [0.25, 0.3) is 0 Å². The van der Waals surface area contributed by atoms with Gasteiger partial charge in [0.2, 0.25) is 5.91 Å². The number of hydrogen-bond donors (Lipinski definition) is 3. The number of likely N-dealkylation sites (N-methyl/N-ethyl adjacent to an activating group) is 1. The van der Waals surface area contributed by atoms with Crippen molar-refractivity contribution >= 4 is 50.9 Å². The first-order valence-corrected chi connectivity index (χ1v) is 15.5. The van der Waals surface area contributed by atoms with Gasteiger partial charge in [-0.25, -0.2) is 0 Å². The molecule has 1 aromatic rings. The second-order valence-corrected chi connectivity index (χ2v) is 12.9. The number of carbonyl (C=O) groups is 6. The number of Topliss-reactive ketones (excluding diaryl/α,β-unsaturated/α-hetero) is 4. The number of nitrogens with zero attached hydrogens (tertiary/aromatic N) is 1. The van der Waals surface area contributed by atoms with E-state index in [0.29, 0.717) is 5.56 Å². The molecule has 0 spiro atoms. The number of carbonyl (C=O) groups excluding carboxylic acids is 6. The molecule has 12 nitrogen and oxygen atoms in total. The smallest absolute Gasteiger partial charge is 0.306 e. The lowest BCUT2D eigenvalue weighted by Crippen LogP contribution is -2.78. The third-order valence-electron chi connectivity index (χ3n) is 9.50. The number of rotatable bonds is 8. The number of hydrogen-bond acceptors (Lipinski definition) is 11. The van der Waals surface area contributed by atoms with E-state index in [-0.39, 0.29) is 30.0 Å². The zero-order valence-electron chi connectivity index (χ0n) is 23.9. The molecule has 0 bridgehead atoms. The third-order valence-corrected chi connectivity index (χ3v) is 9.90. The standard InChI is InChI=1S/C30H35BrN2O10/c1-33(2)23-22-26(43-17(35)10-11-31)19-15(12-42-13-6-3-4-7-13)14-8-5-9-16(34)18(14)24(36)20(19)27(38)30(22,41)28(39)21(25(23)37)29(32)40/h5,8-9,13,15,19-23,26,34,41H,3-4,6-7,10-12H2,1-2H3,(H2,32,40)/t15-,19+,20?,21?,22+,23-,26-,30-/m1/s1. The summed E-state index contributed by atoms with van der Waals surface area (Å²) in [5, 5.41) is 23.1. The molecule has 0 heterocycles. The number of amides is 1. The molecule has 1 amide bonds. The molecule has 1 aromatic carbocycles. The number of phenols is 1. The van der Waals surface area contributed by atoms with E-state index < -0.39 is 88.1 Å². The first kappa shape index (κ1) is 31.4. The van der Waals surface area contributed by atoms with Gasteiger partial charge < -0.3 is 25.4 Å². The summed E-state index contributed by atoms with van der Waals surface area (Å²) >= 11 is 3.19. The Hall–Kier alpha value is -3.00. The van der Waals surface area contributed by atoms with Gasteiger partial charge in [0.15, 0.2) is 34.7 Å². The summed E-state index contributed by atoms with van der Waals surface area (Å²) in [7, 11) is 2.93. The molecule has 0 radical (unpaired) electrons. The Kier molecular flexibility index (Phi) is 8.64. The molecule has 3 fully saturated rings. The average Bonchev–Trinajstić information content (AvgIpc) is 3.45. The van der Waals surface area contributed by atoms with E-state index in [1.165, 1.54) is 25.1 Å². The van der Waals surface area contributed by atoms with Gasteiger partial charge in [-0.3, -0.25) is 33.7 Å². The molecule has 43 heavy (non-hydrogen) atoms. The van der Waals surface area contributed by atoms with Gasteiger partial charge in [0.05, 0.1) is 42.6 Å². The largest absolute Gasteiger partial charge is 0.507 e. The van der Waals surface area contributed by atoms with Crippen LogP contribution in [0.15, 0.2) is 18.2 Å². The van der Waals surface area contributed by atoms with Crippen molar-refractivity contribution in [2.24, 2.45) is 29.4 Å². The van der Waals surface area contributed by atoms with Crippen LogP contribution in [0.3, 0.4) is 0 Å². The van der Waals surface area contributed by atoms with Crippen molar-refractivity contribution in [3.8, 4) is 5.75 Å². The van der Waals surface area contributed by atoms with Gasteiger partial charge in [-0.2, -0.15) is 0 Å². The fraction of sp³-hybridized carbons (Fsp3) is 0.600. The SMILES string of the molecule is CN(C)[C@H]1C(=O)C(C(N)=O)C(=O)[C@]2(O)C(=O)C3C(=O)c4c(O)cccc4[C@@H](COC4CCCC4)[C@@H]3[C@@H](OC(=O)CCBr)[C@H]12. The number of aliphatic hydroxyl groups is 1. The molecule has 0 aromatic heterocycles. The molecule has 0 aliphatic heterocycles. The first-order valence-electron chi connectivity index (χ1n) is 14.4. The van der Waals surface area contributed by atoms with Crippen LogP contribution in [0.5, 0.6) is 5.75 Å². The molecule has 3 saturated carbocycles. The fourth-order valence-electron chi connectivity index (χ4n) is 7.67. The van der Waals surface area contributed by atoms with E-state index in [1.54, 1.807) is 12.1 Å². The van der Waals surface area contributed by atoms with E-state index in [9.17, 15) is 39.0 Å². The lowest BCUT2D eigenvalue weighted by atomic mass is 9.49. The molecule has 5 rings (SSSR count). The van der Waals surface area contributed by atoms with E-state index in [1.807, 2.05) is 0 Å². The maximum atomic E-state index is 14.4. The Morgan fingerprint density at radius 1 is 1.12 bits per heavy atom. The monoisotopic (exact) mass is 662 g/mol. The molecule has 4 aliphatic carbocycles. The zero-order valence-corrected chi connectivity index (χ0v) is 25.4. The highest BCUT2D eigenvalue weighted by atomic mass is 79.9. The van der Waals surface area contributed by atoms with Crippen LogP contribution in [0.1, 0.15) is 53.9 Å². The molecule has 13 heteroatoms. The Morgan fingerprint density at radius 3 is 2.40 bits per heavy atom. The van der Waals surface area contributed by atoms with E-state index in [2.05, 4.69) is 15.9 Å². The maximum absolute atomic E-state index is 14.4. The Balaban J connectivity index is 1.74. The number of phenolic OH excluding ortho intramolecular Hbond substituents is 1. The minimum absolute atomic E-state index is 0.0150. The lowest BCUT2D eigenvalue weighted by molar-refractivity contribution is -0.206. The van der Waals surface area contributed by atoms with Crippen LogP contribution in [0.2, 0.25) is 0 Å². The highest BCUT2D eigenvalue weighted by molar-refractivity contribution is 9.09. The normalized spacial score (nSPS) is 34.1. The molecule has 4 aliphatic rings. The van der Waals surface area contributed by atoms with Gasteiger partial charge in [-0.15, -0.1) is 0 Å². The number of ether oxygens (including phenoxy) is 2. The summed E-state index contributed by atoms with van der Waals surface area (Å²) in [5.41, 5.74) is 2.57. The van der Waals surface area contributed by atoms with Crippen molar-refractivity contribution in [1.82, 2.24) is 4.90 Å². The molecular weight excluding hydrogens is 628 g/mol. The topological polar surface area (TPSA) is 191 Å². The summed E-state index contributed by atoms with van der Waals surface area (Å²) in [6.45, 7) is -0.0150. The average molecular weight is 664 g/mol. The summed E-state index contributed by atoms with van der Waals surface area (Å²) in [4.78, 5) is 82.8. The number of ketones is 4. The number of nitrogens with two attached hydrogens (primary N) is 1. The number of primary amides is 1. The Labute approximate surface area is 256 Å². The fourth-order valence-corrected chi connectivity index (χ4v) is 7.99. The summed E-state index contributed by atoms with van der Waals surface area (Å²) in [5.74, 6) is -14.5. The number of benzene rings is 1. The second-order valence-electron chi connectivity index (χ2n) is 12.1. The summed E-state index contributed by atoms with van der Waals surface area (Å²) in [6, 6.07) is 3.01. The summed E-state index contributed by atoms with van der Waals surface area (Å²) < 4.78 is 12.2. The quantitative estimate of drug-likeness (QED) is 0.201. The molecule has 0 saturated heterocycles. The Morgan fingerprint density at radius 2 is 1.79 bits per heavy atom. The van der Waals surface area contributed by atoms with Crippen molar-refractivity contribution < 1.29 is 48.5 Å². The summed E-state index contributed by atoms with van der Waals surface area (Å²) in [6.07, 6.45) is 1.88. The molecule has 2 unspecified atom stereocenters. The third kappa shape index (κ3) is 4.94. The van der Waals surface area contributed by atoms with Crippen LogP contribution in [-0.2, 0) is 33.4 Å².